The summed E-state index contributed by atoms with van der Waals surface area (Å²) in [5.41, 5.74) is 4.83. The molecule has 2 heterocycles. The molecule has 1 saturated heterocycles. The lowest BCUT2D eigenvalue weighted by molar-refractivity contribution is 0.375. The third kappa shape index (κ3) is 3.04. The third-order valence-electron chi connectivity index (χ3n) is 5.82. The number of benzene rings is 2. The zero-order chi connectivity index (χ0) is 19.5. The van der Waals surface area contributed by atoms with Crippen LogP contribution in [0.4, 0.5) is 5.69 Å². The van der Waals surface area contributed by atoms with Crippen molar-refractivity contribution in [2.45, 2.75) is 65.1 Å². The summed E-state index contributed by atoms with van der Waals surface area (Å²) >= 11 is 2.16. The molecule has 3 atom stereocenters. The number of fused-ring (bicyclic) bond motifs is 3. The van der Waals surface area contributed by atoms with Crippen molar-refractivity contribution in [3.05, 3.63) is 42.0 Å². The van der Waals surface area contributed by atoms with Crippen molar-refractivity contribution in [1.82, 2.24) is 0 Å². The van der Waals surface area contributed by atoms with Gasteiger partial charge in [-0.1, -0.05) is 52.8 Å². The molecule has 0 amide bonds. The van der Waals surface area contributed by atoms with Gasteiger partial charge in [0, 0.05) is 27.8 Å². The van der Waals surface area contributed by atoms with E-state index in [1.807, 2.05) is 6.07 Å². The second-order valence-corrected chi connectivity index (χ2v) is 10.7. The highest BCUT2D eigenvalue weighted by atomic mass is 32.2. The summed E-state index contributed by atoms with van der Waals surface area (Å²) in [6.45, 7) is 16.5. The van der Waals surface area contributed by atoms with Crippen LogP contribution in [0.3, 0.4) is 0 Å². The predicted molar refractivity (Wildman–Crippen MR) is 120 cm³/mol. The van der Waals surface area contributed by atoms with E-state index in [0.717, 1.165) is 11.2 Å². The summed E-state index contributed by atoms with van der Waals surface area (Å²) in [5, 5.41) is 3.55. The van der Waals surface area contributed by atoms with E-state index in [0.29, 0.717) is 22.6 Å². The van der Waals surface area contributed by atoms with Crippen molar-refractivity contribution in [1.29, 1.82) is 0 Å². The molecule has 0 N–H and O–H groups in total. The fourth-order valence-electron chi connectivity index (χ4n) is 4.52. The van der Waals surface area contributed by atoms with Gasteiger partial charge in [0.2, 0.25) is 0 Å². The lowest BCUT2D eigenvalue weighted by atomic mass is 9.92. The minimum Gasteiger partial charge on any atom is -0.456 e. The van der Waals surface area contributed by atoms with Crippen LogP contribution in [-0.4, -0.2) is 16.7 Å². The molecule has 0 saturated carbocycles. The van der Waals surface area contributed by atoms with Gasteiger partial charge in [-0.05, 0) is 48.9 Å². The molecule has 1 aromatic heterocycles. The first-order valence-corrected chi connectivity index (χ1v) is 11.0. The zero-order valence-corrected chi connectivity index (χ0v) is 18.4. The van der Waals surface area contributed by atoms with Crippen LogP contribution in [0.25, 0.3) is 21.9 Å². The summed E-state index contributed by atoms with van der Waals surface area (Å²) in [6.07, 6.45) is 0. The summed E-state index contributed by atoms with van der Waals surface area (Å²) in [5.74, 6) is 0.665. The van der Waals surface area contributed by atoms with Crippen molar-refractivity contribution in [2.24, 2.45) is 11.3 Å². The first kappa shape index (κ1) is 18.7. The second kappa shape index (κ2) is 6.48. The van der Waals surface area contributed by atoms with Gasteiger partial charge in [0.1, 0.15) is 11.2 Å². The summed E-state index contributed by atoms with van der Waals surface area (Å²) < 4.78 is 6.11. The summed E-state index contributed by atoms with van der Waals surface area (Å²) in [7, 11) is 0. The quantitative estimate of drug-likeness (QED) is 0.466. The van der Waals surface area contributed by atoms with E-state index >= 15 is 0 Å². The maximum Gasteiger partial charge on any atom is 0.135 e. The molecule has 0 radical (unpaired) electrons. The van der Waals surface area contributed by atoms with Gasteiger partial charge in [-0.2, -0.15) is 0 Å². The van der Waals surface area contributed by atoms with Gasteiger partial charge in [-0.3, -0.25) is 0 Å². The highest BCUT2D eigenvalue weighted by molar-refractivity contribution is 8.01. The average Bonchev–Trinajstić information content (AvgIpc) is 3.11. The van der Waals surface area contributed by atoms with E-state index in [1.165, 1.54) is 22.0 Å². The van der Waals surface area contributed by atoms with Crippen LogP contribution in [0.5, 0.6) is 0 Å². The Morgan fingerprint density at radius 3 is 2.41 bits per heavy atom. The molecule has 0 spiro atoms. The number of nitrogens with zero attached hydrogens (tertiary/aromatic N) is 1. The van der Waals surface area contributed by atoms with Crippen LogP contribution in [-0.2, 0) is 0 Å². The minimum atomic E-state index is 0.211. The number of thioether (sulfide) groups is 1. The smallest absolute Gasteiger partial charge is 0.135 e. The average molecular weight is 382 g/mol. The van der Waals surface area contributed by atoms with Gasteiger partial charge in [-0.25, -0.2) is 0 Å². The van der Waals surface area contributed by atoms with Crippen molar-refractivity contribution < 1.29 is 4.42 Å². The Labute approximate surface area is 167 Å². The van der Waals surface area contributed by atoms with E-state index in [9.17, 15) is 0 Å². The number of para-hydroxylation sites is 1. The Morgan fingerprint density at radius 2 is 1.74 bits per heavy atom. The Hall–Kier alpha value is -1.61. The van der Waals surface area contributed by atoms with E-state index in [2.05, 4.69) is 95.5 Å². The normalized spacial score (nSPS) is 23.9. The Kier molecular flexibility index (Phi) is 4.50. The first-order valence-electron chi connectivity index (χ1n) is 10.0. The lowest BCUT2D eigenvalue weighted by Crippen LogP contribution is -2.43. The number of hydrogen-bond donors (Lipinski definition) is 0. The molecule has 2 unspecified atom stereocenters. The third-order valence-corrected chi connectivity index (χ3v) is 8.27. The Bertz CT molecular complexity index is 981. The van der Waals surface area contributed by atoms with Crippen LogP contribution >= 0.6 is 11.8 Å². The van der Waals surface area contributed by atoms with Crippen molar-refractivity contribution >= 4 is 39.4 Å². The Morgan fingerprint density at radius 1 is 1.04 bits per heavy atom. The van der Waals surface area contributed by atoms with E-state index in [1.54, 1.807) is 0 Å². The van der Waals surface area contributed by atoms with Gasteiger partial charge in [-0.15, -0.1) is 11.8 Å². The number of furan rings is 1. The summed E-state index contributed by atoms with van der Waals surface area (Å²) in [4.78, 5) is 2.69. The van der Waals surface area contributed by atoms with Crippen LogP contribution in [0.2, 0.25) is 0 Å². The molecule has 144 valence electrons. The van der Waals surface area contributed by atoms with Gasteiger partial charge < -0.3 is 9.32 Å². The molecule has 1 aliphatic heterocycles. The number of aryl methyl sites for hydroxylation is 1. The van der Waals surface area contributed by atoms with E-state index in [-0.39, 0.29) is 5.41 Å². The molecule has 2 nitrogen and oxygen atoms in total. The fraction of sp³-hybridized carbons (Fsp3) is 0.500. The SMILES string of the molecule is Cc1cc2oc3ccccc3c2cc1N1C(C(C)(C)C)SC(C(C)C)[C@@H]1C. The zero-order valence-electron chi connectivity index (χ0n) is 17.5. The standard InChI is InChI=1S/C24H31NOS/c1-14(2)22-16(4)25(23(27-22)24(5,6)7)19-13-18-17-10-8-9-11-20(17)26-21(18)12-15(19)3/h8-14,16,22-23H,1-7H3/t16-,22?,23?/m0/s1. The summed E-state index contributed by atoms with van der Waals surface area (Å²) in [6, 6.07) is 13.5. The molecular formula is C24H31NOS. The largest absolute Gasteiger partial charge is 0.456 e. The fourth-order valence-corrected chi connectivity index (χ4v) is 6.34. The highest BCUT2D eigenvalue weighted by Gasteiger charge is 2.46. The molecule has 2 aromatic carbocycles. The van der Waals surface area contributed by atoms with Crippen LogP contribution < -0.4 is 4.90 Å². The van der Waals surface area contributed by atoms with Gasteiger partial charge >= 0.3 is 0 Å². The molecule has 1 fully saturated rings. The topological polar surface area (TPSA) is 16.4 Å². The molecular weight excluding hydrogens is 350 g/mol. The molecule has 3 heteroatoms. The van der Waals surface area contributed by atoms with Gasteiger partial charge in [0.05, 0.1) is 5.37 Å². The van der Waals surface area contributed by atoms with E-state index < -0.39 is 0 Å². The molecule has 27 heavy (non-hydrogen) atoms. The predicted octanol–water partition coefficient (Wildman–Crippen LogP) is 7.23. The van der Waals surface area contributed by atoms with E-state index in [4.69, 9.17) is 4.42 Å². The van der Waals surface area contributed by atoms with Crippen LogP contribution in [0, 0.1) is 18.3 Å². The Balaban J connectivity index is 1.90. The van der Waals surface area contributed by atoms with Gasteiger partial charge in [0.15, 0.2) is 0 Å². The lowest BCUT2D eigenvalue weighted by Gasteiger charge is -2.38. The van der Waals surface area contributed by atoms with Crippen molar-refractivity contribution in [2.75, 3.05) is 4.90 Å². The second-order valence-electron chi connectivity index (χ2n) is 9.44. The minimum absolute atomic E-state index is 0.211. The van der Waals surface area contributed by atoms with Crippen LogP contribution in [0.1, 0.15) is 47.1 Å². The monoisotopic (exact) mass is 381 g/mol. The molecule has 3 aromatic rings. The number of anilines is 1. The van der Waals surface area contributed by atoms with Crippen LogP contribution in [0.15, 0.2) is 40.8 Å². The number of rotatable bonds is 2. The first-order chi connectivity index (χ1) is 12.7. The highest BCUT2D eigenvalue weighted by Crippen LogP contribution is 2.50. The maximum absolute atomic E-state index is 6.11. The van der Waals surface area contributed by atoms with Crippen molar-refractivity contribution in [3.8, 4) is 0 Å². The molecule has 4 rings (SSSR count). The number of hydrogen-bond acceptors (Lipinski definition) is 3. The maximum atomic E-state index is 6.11. The van der Waals surface area contributed by atoms with Gasteiger partial charge in [0.25, 0.3) is 0 Å². The molecule has 0 bridgehead atoms. The molecule has 1 aliphatic rings. The molecule has 0 aliphatic carbocycles. The van der Waals surface area contributed by atoms with Crippen molar-refractivity contribution in [3.63, 3.8) is 0 Å².